The molecule has 1 N–H and O–H groups in total. The van der Waals surface area contributed by atoms with Gasteiger partial charge in [0.2, 0.25) is 0 Å². The van der Waals surface area contributed by atoms with E-state index >= 15 is 0 Å². The Morgan fingerprint density at radius 2 is 1.71 bits per heavy atom. The molecular weight excluding hydrogens is 332 g/mol. The summed E-state index contributed by atoms with van der Waals surface area (Å²) in [5.41, 5.74) is 1.89. The Balaban J connectivity index is 1.90. The van der Waals surface area contributed by atoms with Crippen molar-refractivity contribution in [3.8, 4) is 11.1 Å². The van der Waals surface area contributed by atoms with Crippen molar-refractivity contribution < 1.29 is 4.39 Å². The Morgan fingerprint density at radius 1 is 1.05 bits per heavy atom. The van der Waals surface area contributed by atoms with Gasteiger partial charge in [-0.1, -0.05) is 46.9 Å². The molecule has 2 aromatic rings. The second-order valence-electron chi connectivity index (χ2n) is 5.21. The van der Waals surface area contributed by atoms with Crippen molar-refractivity contribution in [2.24, 2.45) is 0 Å². The number of hydrogen-bond donors (Lipinski definition) is 1. The molecule has 0 atom stereocenters. The largest absolute Gasteiger partial charge is 0.310 e. The van der Waals surface area contributed by atoms with Crippen LogP contribution in [0.5, 0.6) is 0 Å². The fraction of sp³-hybridized carbons (Fsp3) is 0.250. The van der Waals surface area contributed by atoms with Crippen LogP contribution in [-0.2, 0) is 6.54 Å². The summed E-state index contributed by atoms with van der Waals surface area (Å²) < 4.78 is 14.2. The zero-order valence-electron chi connectivity index (χ0n) is 11.1. The first kappa shape index (κ1) is 15.1. The van der Waals surface area contributed by atoms with E-state index in [9.17, 15) is 4.39 Å². The smallest absolute Gasteiger partial charge is 0.128 e. The number of halogens is 4. The van der Waals surface area contributed by atoms with E-state index in [0.717, 1.165) is 0 Å². The van der Waals surface area contributed by atoms with Gasteiger partial charge in [0, 0.05) is 28.7 Å². The van der Waals surface area contributed by atoms with E-state index in [-0.39, 0.29) is 5.82 Å². The predicted molar refractivity (Wildman–Crippen MR) is 86.7 cm³/mol. The molecule has 1 fully saturated rings. The highest BCUT2D eigenvalue weighted by Crippen LogP contribution is 2.37. The summed E-state index contributed by atoms with van der Waals surface area (Å²) in [5.74, 6) is -0.261. The summed E-state index contributed by atoms with van der Waals surface area (Å²) in [6, 6.07) is 8.81. The van der Waals surface area contributed by atoms with Crippen molar-refractivity contribution >= 4 is 34.8 Å². The third kappa shape index (κ3) is 3.51. The van der Waals surface area contributed by atoms with Crippen LogP contribution in [0.25, 0.3) is 11.1 Å². The maximum absolute atomic E-state index is 14.2. The molecule has 1 nitrogen and oxygen atoms in total. The number of rotatable bonds is 4. The van der Waals surface area contributed by atoms with E-state index in [2.05, 4.69) is 5.32 Å². The minimum absolute atomic E-state index is 0.261. The molecule has 5 heteroatoms. The molecule has 0 aromatic heterocycles. The molecular formula is C16H13Cl3FN. The average Bonchev–Trinajstić information content (AvgIpc) is 3.20. The summed E-state index contributed by atoms with van der Waals surface area (Å²) >= 11 is 18.2. The van der Waals surface area contributed by atoms with Gasteiger partial charge in [-0.05, 0) is 36.6 Å². The Morgan fingerprint density at radius 3 is 2.29 bits per heavy atom. The van der Waals surface area contributed by atoms with Crippen LogP contribution in [0, 0.1) is 5.82 Å². The Hall–Kier alpha value is -0.800. The van der Waals surface area contributed by atoms with Gasteiger partial charge in [-0.15, -0.1) is 0 Å². The highest BCUT2D eigenvalue weighted by Gasteiger charge is 2.20. The van der Waals surface area contributed by atoms with E-state index in [1.807, 2.05) is 6.07 Å². The number of nitrogens with one attached hydrogen (secondary N) is 1. The lowest BCUT2D eigenvalue weighted by Crippen LogP contribution is -2.16. The minimum Gasteiger partial charge on any atom is -0.310 e. The van der Waals surface area contributed by atoms with Crippen LogP contribution < -0.4 is 5.32 Å². The average molecular weight is 345 g/mol. The predicted octanol–water partition coefficient (Wildman–Crippen LogP) is 5.70. The number of benzene rings is 2. The molecule has 0 radical (unpaired) electrons. The molecule has 1 aliphatic rings. The minimum atomic E-state index is -0.261. The van der Waals surface area contributed by atoms with Crippen LogP contribution in [-0.4, -0.2) is 6.04 Å². The van der Waals surface area contributed by atoms with E-state index < -0.39 is 0 Å². The first-order chi connectivity index (χ1) is 10.0. The van der Waals surface area contributed by atoms with Gasteiger partial charge in [-0.3, -0.25) is 0 Å². The lowest BCUT2D eigenvalue weighted by molar-refractivity contribution is 0.587. The third-order valence-electron chi connectivity index (χ3n) is 3.51. The van der Waals surface area contributed by atoms with Gasteiger partial charge in [0.1, 0.15) is 5.82 Å². The summed E-state index contributed by atoms with van der Waals surface area (Å²) in [6.07, 6.45) is 2.35. The Bertz CT molecular complexity index is 660. The topological polar surface area (TPSA) is 12.0 Å². The van der Waals surface area contributed by atoms with Crippen LogP contribution in [0.3, 0.4) is 0 Å². The molecule has 0 spiro atoms. The highest BCUT2D eigenvalue weighted by atomic mass is 35.5. The Kier molecular flexibility index (Phi) is 4.41. The number of hydrogen-bond acceptors (Lipinski definition) is 1. The normalized spacial score (nSPS) is 14.5. The van der Waals surface area contributed by atoms with Gasteiger partial charge in [-0.25, -0.2) is 4.39 Å². The van der Waals surface area contributed by atoms with Gasteiger partial charge in [-0.2, -0.15) is 0 Å². The SMILES string of the molecule is Fc1cc(-c2c(Cl)cc(Cl)cc2Cl)ccc1CNC1CC1. The van der Waals surface area contributed by atoms with Crippen LogP contribution >= 0.6 is 34.8 Å². The van der Waals surface area contributed by atoms with Crippen molar-refractivity contribution in [3.63, 3.8) is 0 Å². The second-order valence-corrected chi connectivity index (χ2v) is 6.46. The fourth-order valence-corrected chi connectivity index (χ4v) is 3.24. The maximum Gasteiger partial charge on any atom is 0.128 e. The van der Waals surface area contributed by atoms with E-state index in [0.29, 0.717) is 44.3 Å². The van der Waals surface area contributed by atoms with Gasteiger partial charge < -0.3 is 5.32 Å². The maximum atomic E-state index is 14.2. The molecule has 3 rings (SSSR count). The second kappa shape index (κ2) is 6.13. The lowest BCUT2D eigenvalue weighted by Gasteiger charge is -2.10. The van der Waals surface area contributed by atoms with Crippen LogP contribution in [0.15, 0.2) is 30.3 Å². The van der Waals surface area contributed by atoms with E-state index in [4.69, 9.17) is 34.8 Å². The molecule has 0 heterocycles. The van der Waals surface area contributed by atoms with Gasteiger partial charge in [0.15, 0.2) is 0 Å². The summed E-state index contributed by atoms with van der Waals surface area (Å²) in [6.45, 7) is 0.541. The van der Waals surface area contributed by atoms with Crippen LogP contribution in [0.1, 0.15) is 18.4 Å². The van der Waals surface area contributed by atoms with E-state index in [1.165, 1.54) is 18.9 Å². The van der Waals surface area contributed by atoms with Crippen LogP contribution in [0.2, 0.25) is 15.1 Å². The molecule has 0 saturated heterocycles. The first-order valence-electron chi connectivity index (χ1n) is 6.71. The standard InChI is InChI=1S/C16H13Cl3FN/c17-11-6-13(18)16(14(19)7-11)9-1-2-10(15(20)5-9)8-21-12-3-4-12/h1-2,5-7,12,21H,3-4,8H2. The van der Waals surface area contributed by atoms with E-state index in [1.54, 1.807) is 18.2 Å². The molecule has 1 aliphatic carbocycles. The van der Waals surface area contributed by atoms with Crippen molar-refractivity contribution in [1.82, 2.24) is 5.32 Å². The zero-order chi connectivity index (χ0) is 15.0. The first-order valence-corrected chi connectivity index (χ1v) is 7.84. The van der Waals surface area contributed by atoms with Crippen molar-refractivity contribution in [3.05, 3.63) is 56.8 Å². The molecule has 0 bridgehead atoms. The van der Waals surface area contributed by atoms with Crippen molar-refractivity contribution in [2.45, 2.75) is 25.4 Å². The molecule has 0 aliphatic heterocycles. The molecule has 21 heavy (non-hydrogen) atoms. The van der Waals surface area contributed by atoms with Crippen molar-refractivity contribution in [2.75, 3.05) is 0 Å². The zero-order valence-corrected chi connectivity index (χ0v) is 13.4. The van der Waals surface area contributed by atoms with Gasteiger partial charge in [0.25, 0.3) is 0 Å². The molecule has 0 amide bonds. The summed E-state index contributed by atoms with van der Waals surface area (Å²) in [7, 11) is 0. The molecule has 110 valence electrons. The molecule has 1 saturated carbocycles. The third-order valence-corrected chi connectivity index (χ3v) is 4.32. The summed E-state index contributed by atoms with van der Waals surface area (Å²) in [5, 5.41) is 4.58. The monoisotopic (exact) mass is 343 g/mol. The van der Waals surface area contributed by atoms with Crippen molar-refractivity contribution in [1.29, 1.82) is 0 Å². The van der Waals surface area contributed by atoms with Gasteiger partial charge in [0.05, 0.1) is 10.0 Å². The van der Waals surface area contributed by atoms with Gasteiger partial charge >= 0.3 is 0 Å². The molecule has 2 aromatic carbocycles. The van der Waals surface area contributed by atoms with Crippen LogP contribution in [0.4, 0.5) is 4.39 Å². The molecule has 0 unspecified atom stereocenters. The summed E-state index contributed by atoms with van der Waals surface area (Å²) in [4.78, 5) is 0. The highest BCUT2D eigenvalue weighted by molar-refractivity contribution is 6.41. The Labute approximate surface area is 138 Å². The quantitative estimate of drug-likeness (QED) is 0.749. The lowest BCUT2D eigenvalue weighted by atomic mass is 10.0. The fourth-order valence-electron chi connectivity index (χ4n) is 2.21.